The monoisotopic (exact) mass is 492 g/mol. The Balaban J connectivity index is 1.99. The van der Waals surface area contributed by atoms with Gasteiger partial charge in [-0.25, -0.2) is 4.79 Å². The molecular formula is C31H40O5. The number of hydrogen-bond acceptors (Lipinski definition) is 5. The highest BCUT2D eigenvalue weighted by Gasteiger charge is 2.41. The normalized spacial score (nSPS) is 19.3. The van der Waals surface area contributed by atoms with E-state index in [-0.39, 0.29) is 46.8 Å². The Kier molecular flexibility index (Phi) is 9.25. The van der Waals surface area contributed by atoms with Crippen molar-refractivity contribution in [1.82, 2.24) is 0 Å². The van der Waals surface area contributed by atoms with Gasteiger partial charge in [-0.05, 0) is 65.9 Å². The molecule has 36 heavy (non-hydrogen) atoms. The van der Waals surface area contributed by atoms with Crippen LogP contribution in [0.15, 0.2) is 53.4 Å². The van der Waals surface area contributed by atoms with Crippen molar-refractivity contribution in [3.05, 3.63) is 70.1 Å². The van der Waals surface area contributed by atoms with E-state index in [2.05, 4.69) is 32.6 Å². The highest BCUT2D eigenvalue weighted by Crippen LogP contribution is 2.56. The van der Waals surface area contributed by atoms with Crippen molar-refractivity contribution in [2.75, 3.05) is 6.61 Å². The van der Waals surface area contributed by atoms with Crippen molar-refractivity contribution < 1.29 is 24.5 Å². The predicted molar refractivity (Wildman–Crippen MR) is 145 cm³/mol. The molecule has 0 amide bonds. The van der Waals surface area contributed by atoms with E-state index in [1.54, 1.807) is 6.08 Å². The third-order valence-corrected chi connectivity index (χ3v) is 6.88. The fraction of sp³-hybridized carbons (Fsp3) is 0.452. The van der Waals surface area contributed by atoms with Crippen molar-refractivity contribution in [3.8, 4) is 17.2 Å². The van der Waals surface area contributed by atoms with Gasteiger partial charge in [0.05, 0.1) is 0 Å². The van der Waals surface area contributed by atoms with E-state index < -0.39 is 5.97 Å². The lowest BCUT2D eigenvalue weighted by Gasteiger charge is -2.37. The molecule has 2 N–H and O–H groups in total. The molecule has 1 heterocycles. The van der Waals surface area contributed by atoms with E-state index in [0.717, 1.165) is 44.1 Å². The Morgan fingerprint density at radius 3 is 2.64 bits per heavy atom. The van der Waals surface area contributed by atoms with Gasteiger partial charge in [-0.1, -0.05) is 60.9 Å². The first-order valence-electron chi connectivity index (χ1n) is 12.9. The number of unbranched alkanes of at least 4 members (excludes halogenated alkanes) is 1. The highest BCUT2D eigenvalue weighted by molar-refractivity contribution is 5.99. The lowest BCUT2D eigenvalue weighted by Crippen LogP contribution is -2.26. The fourth-order valence-corrected chi connectivity index (χ4v) is 4.83. The first-order valence-corrected chi connectivity index (χ1v) is 12.9. The molecule has 194 valence electrons. The zero-order chi connectivity index (χ0) is 26.4. The van der Waals surface area contributed by atoms with E-state index in [9.17, 15) is 15.0 Å². The molecule has 2 unspecified atom stereocenters. The van der Waals surface area contributed by atoms with Crippen LogP contribution in [0.4, 0.5) is 0 Å². The van der Waals surface area contributed by atoms with Crippen molar-refractivity contribution in [2.24, 2.45) is 5.92 Å². The Hall–Kier alpha value is -3.21. The minimum absolute atomic E-state index is 0.0248. The molecule has 1 aliphatic heterocycles. The first kappa shape index (κ1) is 27.4. The molecule has 1 aromatic carbocycles. The van der Waals surface area contributed by atoms with E-state index in [0.29, 0.717) is 11.3 Å². The number of aromatic hydroxyl groups is 2. The third-order valence-electron chi connectivity index (χ3n) is 6.88. The number of rotatable bonds is 9. The van der Waals surface area contributed by atoms with Gasteiger partial charge < -0.3 is 19.7 Å². The summed E-state index contributed by atoms with van der Waals surface area (Å²) in [5.74, 6) is -0.548. The number of hydrogen-bond donors (Lipinski definition) is 2. The zero-order valence-corrected chi connectivity index (χ0v) is 22.3. The topological polar surface area (TPSA) is 76.0 Å². The molecular weight excluding hydrogens is 452 g/mol. The van der Waals surface area contributed by atoms with Crippen LogP contribution in [0.3, 0.4) is 0 Å². The van der Waals surface area contributed by atoms with Gasteiger partial charge in [-0.2, -0.15) is 0 Å². The maximum absolute atomic E-state index is 13.3. The summed E-state index contributed by atoms with van der Waals surface area (Å²) < 4.78 is 11.5. The van der Waals surface area contributed by atoms with Gasteiger partial charge in [-0.3, -0.25) is 0 Å². The summed E-state index contributed by atoms with van der Waals surface area (Å²) in [6.07, 6.45) is 14.9. The van der Waals surface area contributed by atoms with E-state index >= 15 is 0 Å². The number of esters is 1. The number of carbonyl (C=O) groups is 1. The van der Waals surface area contributed by atoms with Crippen molar-refractivity contribution >= 4 is 12.0 Å². The largest absolute Gasteiger partial charge is 0.507 e. The van der Waals surface area contributed by atoms with Gasteiger partial charge >= 0.3 is 5.97 Å². The van der Waals surface area contributed by atoms with Gasteiger partial charge in [0.1, 0.15) is 23.7 Å². The number of phenols is 2. The molecule has 2 aliphatic rings. The van der Waals surface area contributed by atoms with E-state index in [1.807, 2.05) is 32.9 Å². The Bertz CT molecular complexity index is 1130. The van der Waals surface area contributed by atoms with Crippen molar-refractivity contribution in [3.63, 3.8) is 0 Å². The maximum Gasteiger partial charge on any atom is 0.343 e. The second-order valence-electron chi connectivity index (χ2n) is 10.1. The summed E-state index contributed by atoms with van der Waals surface area (Å²) in [5.41, 5.74) is 4.20. The van der Waals surface area contributed by atoms with Crippen LogP contribution < -0.4 is 4.74 Å². The van der Waals surface area contributed by atoms with Crippen molar-refractivity contribution in [2.45, 2.75) is 79.1 Å². The van der Waals surface area contributed by atoms with Crippen molar-refractivity contribution in [1.29, 1.82) is 0 Å². The van der Waals surface area contributed by atoms with Crippen LogP contribution in [0.25, 0.3) is 6.08 Å². The number of carbonyl (C=O) groups excluding carboxylic acids is 1. The SMILES string of the molecule is C=C1Oc2c(O)c(/C=C/CCC)c(C(=O)OCC=C(C)CCC=C(C)C)c(O)c2C2C=C(C)CCC12. The fourth-order valence-electron chi connectivity index (χ4n) is 4.83. The van der Waals surface area contributed by atoms with Gasteiger partial charge in [-0.15, -0.1) is 0 Å². The molecule has 0 radical (unpaired) electrons. The molecule has 0 saturated heterocycles. The molecule has 5 heteroatoms. The van der Waals surface area contributed by atoms with Crippen LogP contribution in [-0.2, 0) is 4.74 Å². The standard InChI is InChI=1S/C31H40O5/c1-7-8-9-13-24-27(31(34)35-17-16-20(4)12-10-11-19(2)3)29(33)26-25-18-21(5)14-15-23(25)22(6)36-30(26)28(24)32/h9,11,13,16,18,23,25,32-33H,6-8,10,12,14-15,17H2,1-5H3/b13-9+,20-16?. The summed E-state index contributed by atoms with van der Waals surface area (Å²) in [5, 5.41) is 22.7. The van der Waals surface area contributed by atoms with Crippen LogP contribution in [-0.4, -0.2) is 22.8 Å². The molecule has 0 bridgehead atoms. The lowest BCUT2D eigenvalue weighted by molar-refractivity contribution is 0.0544. The zero-order valence-electron chi connectivity index (χ0n) is 22.3. The quantitative estimate of drug-likeness (QED) is 0.207. The van der Waals surface area contributed by atoms with Gasteiger partial charge in [0.25, 0.3) is 0 Å². The number of phenolic OH excluding ortho intramolecular Hbond substituents is 2. The van der Waals surface area contributed by atoms with Crippen LogP contribution in [0.2, 0.25) is 0 Å². The molecule has 0 aromatic heterocycles. The average molecular weight is 493 g/mol. The van der Waals surface area contributed by atoms with E-state index in [1.165, 1.54) is 11.1 Å². The summed E-state index contributed by atoms with van der Waals surface area (Å²) in [6.45, 7) is 14.4. The van der Waals surface area contributed by atoms with Crippen LogP contribution in [0, 0.1) is 5.92 Å². The third kappa shape index (κ3) is 6.13. The van der Waals surface area contributed by atoms with Gasteiger partial charge in [0, 0.05) is 23.0 Å². The smallest absolute Gasteiger partial charge is 0.343 e. The van der Waals surface area contributed by atoms with Crippen LogP contribution in [0.1, 0.15) is 101 Å². The minimum atomic E-state index is -0.674. The summed E-state index contributed by atoms with van der Waals surface area (Å²) in [6, 6.07) is 0. The highest BCUT2D eigenvalue weighted by atomic mass is 16.5. The lowest BCUT2D eigenvalue weighted by atomic mass is 9.73. The number of ether oxygens (including phenoxy) is 2. The van der Waals surface area contributed by atoms with Crippen LogP contribution >= 0.6 is 0 Å². The predicted octanol–water partition coefficient (Wildman–Crippen LogP) is 8.11. The molecule has 0 saturated carbocycles. The van der Waals surface area contributed by atoms with Crippen LogP contribution in [0.5, 0.6) is 17.2 Å². The Morgan fingerprint density at radius 1 is 1.19 bits per heavy atom. The molecule has 0 fully saturated rings. The summed E-state index contributed by atoms with van der Waals surface area (Å²) >= 11 is 0. The summed E-state index contributed by atoms with van der Waals surface area (Å²) in [4.78, 5) is 13.3. The molecule has 0 spiro atoms. The number of fused-ring (bicyclic) bond motifs is 3. The molecule has 1 aliphatic carbocycles. The summed E-state index contributed by atoms with van der Waals surface area (Å²) in [7, 11) is 0. The molecule has 5 nitrogen and oxygen atoms in total. The maximum atomic E-state index is 13.3. The van der Waals surface area contributed by atoms with Gasteiger partial charge in [0.2, 0.25) is 0 Å². The molecule has 3 rings (SSSR count). The number of allylic oxidation sites excluding steroid dienone is 7. The second kappa shape index (κ2) is 12.2. The minimum Gasteiger partial charge on any atom is -0.507 e. The average Bonchev–Trinajstić information content (AvgIpc) is 2.81. The first-order chi connectivity index (χ1) is 17.1. The Labute approximate surface area is 215 Å². The van der Waals surface area contributed by atoms with E-state index in [4.69, 9.17) is 9.47 Å². The second-order valence-corrected chi connectivity index (χ2v) is 10.1. The van der Waals surface area contributed by atoms with Gasteiger partial charge in [0.15, 0.2) is 11.5 Å². The Morgan fingerprint density at radius 2 is 1.94 bits per heavy atom. The molecule has 1 aromatic rings. The number of benzene rings is 1. The molecule has 2 atom stereocenters.